The molecule has 5 heterocycles. The first-order chi connectivity index (χ1) is 21.1. The minimum atomic E-state index is -4.03. The smallest absolute Gasteiger partial charge is 0.303 e. The van der Waals surface area contributed by atoms with E-state index in [1.54, 1.807) is 22.9 Å². The number of fused-ring (bicyclic) bond motifs is 1. The van der Waals surface area contributed by atoms with Crippen molar-refractivity contribution in [2.24, 2.45) is 5.41 Å². The maximum atomic E-state index is 13.9. The fourth-order valence-corrected chi connectivity index (χ4v) is 7.52. The molecule has 11 nitrogen and oxygen atoms in total. The number of nitrogens with one attached hydrogen (secondary N) is 1. The summed E-state index contributed by atoms with van der Waals surface area (Å²) < 4.78 is 49.2. The van der Waals surface area contributed by atoms with Gasteiger partial charge in [-0.25, -0.2) is 18.8 Å². The lowest BCUT2D eigenvalue weighted by Crippen LogP contribution is -2.55. The lowest BCUT2D eigenvalue weighted by atomic mass is 9.71. The number of anilines is 1. The van der Waals surface area contributed by atoms with Crippen LogP contribution in [0.25, 0.3) is 16.7 Å². The van der Waals surface area contributed by atoms with Crippen LogP contribution in [-0.2, 0) is 14.9 Å². The monoisotopic (exact) mass is 625 g/mol. The first-order valence-electron chi connectivity index (χ1n) is 15.6. The number of carbonyl (C=O) groups excluding carboxylic acids is 1. The van der Waals surface area contributed by atoms with Gasteiger partial charge in [-0.3, -0.25) is 9.69 Å². The highest BCUT2D eigenvalue weighted by Crippen LogP contribution is 2.46. The topological polar surface area (TPSA) is 113 Å². The third kappa shape index (κ3) is 5.37. The summed E-state index contributed by atoms with van der Waals surface area (Å²) in [6.07, 6.45) is 7.61. The van der Waals surface area contributed by atoms with Gasteiger partial charge in [0, 0.05) is 33.1 Å². The van der Waals surface area contributed by atoms with Crippen LogP contribution in [0.5, 0.6) is 0 Å². The summed E-state index contributed by atoms with van der Waals surface area (Å²) in [6.45, 7) is 5.56. The maximum Gasteiger partial charge on any atom is 0.303 e. The van der Waals surface area contributed by atoms with Crippen molar-refractivity contribution in [1.29, 1.82) is 0 Å². The van der Waals surface area contributed by atoms with Crippen molar-refractivity contribution in [3.8, 4) is 5.69 Å². The molecule has 13 heteroatoms. The van der Waals surface area contributed by atoms with E-state index in [1.165, 1.54) is 39.1 Å². The predicted molar refractivity (Wildman–Crippen MR) is 165 cm³/mol. The Bertz CT molecular complexity index is 1650. The van der Waals surface area contributed by atoms with Crippen LogP contribution in [0.15, 0.2) is 30.3 Å². The van der Waals surface area contributed by atoms with Gasteiger partial charge in [0.2, 0.25) is 0 Å². The van der Waals surface area contributed by atoms with E-state index in [4.69, 9.17) is 14.8 Å². The van der Waals surface area contributed by atoms with Gasteiger partial charge in [-0.1, -0.05) is 6.42 Å². The van der Waals surface area contributed by atoms with Gasteiger partial charge in [0.15, 0.2) is 5.65 Å². The minimum Gasteiger partial charge on any atom is -0.378 e. The number of ether oxygens (including phenoxy) is 1. The van der Waals surface area contributed by atoms with Gasteiger partial charge < -0.3 is 9.64 Å². The molecule has 3 aliphatic heterocycles. The predicted octanol–water partition coefficient (Wildman–Crippen LogP) is 3.44. The Balaban J connectivity index is 1.27. The van der Waals surface area contributed by atoms with E-state index in [1.807, 2.05) is 0 Å². The lowest BCUT2D eigenvalue weighted by Gasteiger charge is -2.50. The Labute approximate surface area is 257 Å². The number of likely N-dealkylation sites (tertiary alicyclic amines) is 1. The van der Waals surface area contributed by atoms with Crippen LogP contribution < -0.4 is 9.62 Å². The Hall–Kier alpha value is -3.13. The van der Waals surface area contributed by atoms with Gasteiger partial charge in [-0.2, -0.15) is 17.8 Å². The average Bonchev–Trinajstić information content (AvgIpc) is 3.31. The summed E-state index contributed by atoms with van der Waals surface area (Å²) in [5.74, 6) is -0.898. The summed E-state index contributed by atoms with van der Waals surface area (Å²) in [5.41, 5.74) is 3.19. The molecule has 7 rings (SSSR count). The minimum absolute atomic E-state index is 0.00217. The molecule has 4 fully saturated rings. The van der Waals surface area contributed by atoms with E-state index in [0.717, 1.165) is 92.6 Å². The number of hydrogen-bond donors (Lipinski definition) is 1. The molecule has 0 unspecified atom stereocenters. The van der Waals surface area contributed by atoms with Gasteiger partial charge in [0.05, 0.1) is 41.7 Å². The first-order valence-corrected chi connectivity index (χ1v) is 17.1. The number of halogens is 1. The second-order valence-corrected chi connectivity index (χ2v) is 14.9. The lowest BCUT2D eigenvalue weighted by molar-refractivity contribution is -0.0834. The van der Waals surface area contributed by atoms with E-state index in [2.05, 4.69) is 14.5 Å². The molecule has 1 aromatic carbocycles. The van der Waals surface area contributed by atoms with Crippen molar-refractivity contribution < 1.29 is 22.3 Å². The molecule has 3 aromatic rings. The van der Waals surface area contributed by atoms with Crippen LogP contribution >= 0.6 is 0 Å². The maximum absolute atomic E-state index is 13.9. The van der Waals surface area contributed by atoms with Crippen LogP contribution in [0.2, 0.25) is 0 Å². The van der Waals surface area contributed by atoms with Gasteiger partial charge >= 0.3 is 10.2 Å². The summed E-state index contributed by atoms with van der Waals surface area (Å²) in [6, 6.07) is 8.34. The number of carbonyl (C=O) groups is 1. The van der Waals surface area contributed by atoms with E-state index in [0.29, 0.717) is 22.8 Å². The van der Waals surface area contributed by atoms with Gasteiger partial charge in [0.1, 0.15) is 11.5 Å². The first kappa shape index (κ1) is 29.6. The largest absolute Gasteiger partial charge is 0.378 e. The molecule has 1 aliphatic carbocycles. The molecule has 0 radical (unpaired) electrons. The van der Waals surface area contributed by atoms with Crippen LogP contribution in [-0.4, -0.2) is 97.8 Å². The molecule has 1 N–H and O–H groups in total. The molecule has 236 valence electrons. The molecule has 2 aromatic heterocycles. The zero-order valence-electron chi connectivity index (χ0n) is 25.3. The third-order valence-electron chi connectivity index (χ3n) is 10.3. The zero-order valence-corrected chi connectivity index (χ0v) is 26.2. The molecule has 44 heavy (non-hydrogen) atoms. The standard InChI is InChI=1S/C31H40FN7O4S/c1-36(2)44(41,42)35-30(40)25-18-26(38-16-12-31(13-17-38)10-14-37(15-11-31)24-19-43-20-24)27-28(21-4-3-5-21)34-39(29(27)33-25)23-8-6-22(32)7-9-23/h6-9,18,21,24H,3-5,10-17,19-20H2,1-2H3,(H,35,40). The molecule has 1 amide bonds. The second kappa shape index (κ2) is 11.3. The highest BCUT2D eigenvalue weighted by molar-refractivity contribution is 7.87. The van der Waals surface area contributed by atoms with Crippen molar-refractivity contribution in [3.05, 3.63) is 47.5 Å². The highest BCUT2D eigenvalue weighted by Gasteiger charge is 2.41. The number of piperidine rings is 2. The quantitative estimate of drug-likeness (QED) is 0.425. The van der Waals surface area contributed by atoms with Crippen LogP contribution in [0, 0.1) is 11.2 Å². The number of aromatic nitrogens is 3. The summed E-state index contributed by atoms with van der Waals surface area (Å²) >= 11 is 0. The third-order valence-corrected chi connectivity index (χ3v) is 11.7. The van der Waals surface area contributed by atoms with Crippen LogP contribution in [0.4, 0.5) is 10.1 Å². The molecular weight excluding hydrogens is 585 g/mol. The highest BCUT2D eigenvalue weighted by atomic mass is 32.2. The fourth-order valence-electron chi connectivity index (χ4n) is 7.00. The fraction of sp³-hybridized carbons (Fsp3) is 0.581. The summed E-state index contributed by atoms with van der Waals surface area (Å²) in [4.78, 5) is 23.0. The number of pyridine rings is 1. The molecule has 1 saturated carbocycles. The van der Waals surface area contributed by atoms with E-state index in [9.17, 15) is 17.6 Å². The zero-order chi connectivity index (χ0) is 30.6. The van der Waals surface area contributed by atoms with E-state index in [-0.39, 0.29) is 17.4 Å². The van der Waals surface area contributed by atoms with E-state index >= 15 is 0 Å². The van der Waals surface area contributed by atoms with Crippen LogP contribution in [0.1, 0.15) is 67.0 Å². The number of benzene rings is 1. The Morgan fingerprint density at radius 1 is 1.05 bits per heavy atom. The number of amides is 1. The molecule has 4 aliphatic rings. The number of nitrogens with zero attached hydrogens (tertiary/aromatic N) is 6. The van der Waals surface area contributed by atoms with Gasteiger partial charge in [0.25, 0.3) is 5.91 Å². The Morgan fingerprint density at radius 3 is 2.27 bits per heavy atom. The Kier molecular flexibility index (Phi) is 7.62. The molecule has 0 atom stereocenters. The molecule has 0 bridgehead atoms. The van der Waals surface area contributed by atoms with Gasteiger partial charge in [-0.05, 0) is 87.4 Å². The van der Waals surface area contributed by atoms with Gasteiger partial charge in [-0.15, -0.1) is 0 Å². The summed E-state index contributed by atoms with van der Waals surface area (Å²) in [7, 11) is -1.31. The normalized spacial score (nSPS) is 21.5. The molecule has 1 spiro atoms. The average molecular weight is 626 g/mol. The van der Waals surface area contributed by atoms with Crippen molar-refractivity contribution in [3.63, 3.8) is 0 Å². The van der Waals surface area contributed by atoms with Crippen molar-refractivity contribution in [2.75, 3.05) is 58.4 Å². The number of hydrogen-bond acceptors (Lipinski definition) is 8. The Morgan fingerprint density at radius 2 is 1.70 bits per heavy atom. The van der Waals surface area contributed by atoms with Crippen LogP contribution in [0.3, 0.4) is 0 Å². The molecular formula is C31H40FN7O4S. The molecule has 3 saturated heterocycles. The van der Waals surface area contributed by atoms with Crippen molar-refractivity contribution in [1.82, 2.24) is 28.7 Å². The SMILES string of the molecule is CN(C)S(=O)(=O)NC(=O)c1cc(N2CCC3(CC2)CCN(C2COC2)CC3)c2c(C3CCC3)nn(-c3ccc(F)cc3)c2n1. The van der Waals surface area contributed by atoms with Crippen molar-refractivity contribution in [2.45, 2.75) is 56.9 Å². The summed E-state index contributed by atoms with van der Waals surface area (Å²) in [5, 5.41) is 5.91. The van der Waals surface area contributed by atoms with Crippen molar-refractivity contribution >= 4 is 32.8 Å². The van der Waals surface area contributed by atoms with E-state index < -0.39 is 16.1 Å². The second-order valence-electron chi connectivity index (χ2n) is 13.1. The number of rotatable bonds is 7.